The standard InChI is InChI=1S/C10H16N2O2/c1-6(11)5-12-9(13)7-3-2-4-8(7)10(12)14/h6-8H,2-5,11H2,1H3/t6-,7?,8?/m0/s1. The molecule has 14 heavy (non-hydrogen) atoms. The molecule has 0 aromatic carbocycles. The van der Waals surface area contributed by atoms with Gasteiger partial charge in [-0.3, -0.25) is 14.5 Å². The van der Waals surface area contributed by atoms with Crippen molar-refractivity contribution >= 4 is 11.8 Å². The Morgan fingerprint density at radius 2 is 1.86 bits per heavy atom. The van der Waals surface area contributed by atoms with E-state index in [1.54, 1.807) is 0 Å². The summed E-state index contributed by atoms with van der Waals surface area (Å²) in [6.45, 7) is 2.19. The van der Waals surface area contributed by atoms with Crippen LogP contribution in [0.2, 0.25) is 0 Å². The van der Waals surface area contributed by atoms with E-state index in [1.165, 1.54) is 4.90 Å². The predicted octanol–water partition coefficient (Wildman–Crippen LogP) is 0.119. The highest BCUT2D eigenvalue weighted by Crippen LogP contribution is 2.39. The molecule has 1 saturated carbocycles. The zero-order chi connectivity index (χ0) is 10.3. The lowest BCUT2D eigenvalue weighted by atomic mass is 10.00. The van der Waals surface area contributed by atoms with Crippen LogP contribution in [-0.2, 0) is 9.59 Å². The van der Waals surface area contributed by atoms with E-state index in [0.717, 1.165) is 19.3 Å². The topological polar surface area (TPSA) is 63.4 Å². The summed E-state index contributed by atoms with van der Waals surface area (Å²) in [5.74, 6) is -0.0351. The fourth-order valence-corrected chi connectivity index (χ4v) is 2.53. The number of hydrogen-bond donors (Lipinski definition) is 1. The Balaban J connectivity index is 2.13. The maximum Gasteiger partial charge on any atom is 0.233 e. The number of likely N-dealkylation sites (tertiary alicyclic amines) is 1. The van der Waals surface area contributed by atoms with Crippen LogP contribution in [0.3, 0.4) is 0 Å². The average Bonchev–Trinajstić information content (AvgIpc) is 2.65. The first kappa shape index (κ1) is 9.65. The van der Waals surface area contributed by atoms with Crippen molar-refractivity contribution in [1.29, 1.82) is 0 Å². The van der Waals surface area contributed by atoms with Crippen molar-refractivity contribution in [1.82, 2.24) is 4.90 Å². The summed E-state index contributed by atoms with van der Waals surface area (Å²) in [6.07, 6.45) is 2.77. The number of imide groups is 1. The Morgan fingerprint density at radius 3 is 2.29 bits per heavy atom. The molecule has 0 spiro atoms. The van der Waals surface area contributed by atoms with Crippen molar-refractivity contribution in [2.24, 2.45) is 17.6 Å². The third-order valence-corrected chi connectivity index (χ3v) is 3.15. The van der Waals surface area contributed by atoms with Crippen LogP contribution in [-0.4, -0.2) is 29.3 Å². The van der Waals surface area contributed by atoms with E-state index < -0.39 is 0 Å². The van der Waals surface area contributed by atoms with Gasteiger partial charge in [0.1, 0.15) is 0 Å². The summed E-state index contributed by atoms with van der Waals surface area (Å²) in [4.78, 5) is 24.9. The van der Waals surface area contributed by atoms with Crippen molar-refractivity contribution in [3.8, 4) is 0 Å². The van der Waals surface area contributed by atoms with Crippen LogP contribution in [0.5, 0.6) is 0 Å². The van der Waals surface area contributed by atoms with Gasteiger partial charge in [-0.05, 0) is 19.8 Å². The number of amides is 2. The van der Waals surface area contributed by atoms with Crippen molar-refractivity contribution < 1.29 is 9.59 Å². The number of nitrogens with two attached hydrogens (primary N) is 1. The fraction of sp³-hybridized carbons (Fsp3) is 0.800. The van der Waals surface area contributed by atoms with Crippen molar-refractivity contribution in [2.45, 2.75) is 32.2 Å². The largest absolute Gasteiger partial charge is 0.326 e. The zero-order valence-corrected chi connectivity index (χ0v) is 8.40. The van der Waals surface area contributed by atoms with Crippen LogP contribution in [0.4, 0.5) is 0 Å². The molecule has 78 valence electrons. The highest BCUT2D eigenvalue weighted by atomic mass is 16.2. The third kappa shape index (κ3) is 1.34. The molecule has 0 aromatic rings. The minimum absolute atomic E-state index is 0.00907. The van der Waals surface area contributed by atoms with Gasteiger partial charge in [-0.2, -0.15) is 0 Å². The molecule has 0 bridgehead atoms. The van der Waals surface area contributed by atoms with E-state index in [2.05, 4.69) is 0 Å². The number of carbonyl (C=O) groups is 2. The quantitative estimate of drug-likeness (QED) is 0.638. The highest BCUT2D eigenvalue weighted by Gasteiger charge is 2.49. The average molecular weight is 196 g/mol. The summed E-state index contributed by atoms with van der Waals surface area (Å²) < 4.78 is 0. The maximum absolute atomic E-state index is 11.8. The second-order valence-corrected chi connectivity index (χ2v) is 4.41. The first-order chi connectivity index (χ1) is 6.61. The van der Waals surface area contributed by atoms with E-state index in [4.69, 9.17) is 5.73 Å². The molecule has 2 fully saturated rings. The first-order valence-corrected chi connectivity index (χ1v) is 5.22. The van der Waals surface area contributed by atoms with Gasteiger partial charge >= 0.3 is 0 Å². The molecule has 2 rings (SSSR count). The van der Waals surface area contributed by atoms with E-state index in [1.807, 2.05) is 6.92 Å². The van der Waals surface area contributed by atoms with Crippen molar-refractivity contribution in [2.75, 3.05) is 6.54 Å². The molecule has 2 amide bonds. The Bertz CT molecular complexity index is 253. The molecule has 1 saturated heterocycles. The van der Waals surface area contributed by atoms with Gasteiger partial charge in [0.15, 0.2) is 0 Å². The normalized spacial score (nSPS) is 33.7. The molecular formula is C10H16N2O2. The maximum atomic E-state index is 11.8. The highest BCUT2D eigenvalue weighted by molar-refractivity contribution is 6.05. The summed E-state index contributed by atoms with van der Waals surface area (Å²) in [7, 11) is 0. The van der Waals surface area contributed by atoms with Gasteiger partial charge in [-0.25, -0.2) is 0 Å². The van der Waals surface area contributed by atoms with Crippen LogP contribution < -0.4 is 5.73 Å². The molecular weight excluding hydrogens is 180 g/mol. The second kappa shape index (κ2) is 3.35. The lowest BCUT2D eigenvalue weighted by Gasteiger charge is -2.17. The monoisotopic (exact) mass is 196 g/mol. The van der Waals surface area contributed by atoms with Gasteiger partial charge in [-0.15, -0.1) is 0 Å². The van der Waals surface area contributed by atoms with Gasteiger partial charge in [0, 0.05) is 12.6 Å². The lowest BCUT2D eigenvalue weighted by Crippen LogP contribution is -2.40. The van der Waals surface area contributed by atoms with E-state index in [-0.39, 0.29) is 29.7 Å². The number of rotatable bonds is 2. The van der Waals surface area contributed by atoms with Gasteiger partial charge in [-0.1, -0.05) is 6.42 Å². The molecule has 2 unspecified atom stereocenters. The Hall–Kier alpha value is -0.900. The predicted molar refractivity (Wildman–Crippen MR) is 51.2 cm³/mol. The SMILES string of the molecule is C[C@H](N)CN1C(=O)C2CCCC2C1=O. The molecule has 0 radical (unpaired) electrons. The number of fused-ring (bicyclic) bond motifs is 1. The molecule has 1 heterocycles. The molecule has 1 aliphatic heterocycles. The van der Waals surface area contributed by atoms with E-state index >= 15 is 0 Å². The van der Waals surface area contributed by atoms with Gasteiger partial charge in [0.25, 0.3) is 0 Å². The summed E-state index contributed by atoms with van der Waals surface area (Å²) >= 11 is 0. The van der Waals surface area contributed by atoms with Crippen LogP contribution in [0.25, 0.3) is 0 Å². The molecule has 1 aliphatic carbocycles. The minimum Gasteiger partial charge on any atom is -0.326 e. The minimum atomic E-state index is -0.123. The second-order valence-electron chi connectivity index (χ2n) is 4.41. The molecule has 4 heteroatoms. The smallest absolute Gasteiger partial charge is 0.233 e. The Morgan fingerprint density at radius 1 is 1.36 bits per heavy atom. The van der Waals surface area contributed by atoms with Crippen LogP contribution >= 0.6 is 0 Å². The third-order valence-electron chi connectivity index (χ3n) is 3.15. The molecule has 4 nitrogen and oxygen atoms in total. The van der Waals surface area contributed by atoms with Crippen LogP contribution in [0.1, 0.15) is 26.2 Å². The lowest BCUT2D eigenvalue weighted by molar-refractivity contribution is -0.140. The van der Waals surface area contributed by atoms with Crippen LogP contribution in [0.15, 0.2) is 0 Å². The summed E-state index contributed by atoms with van der Waals surface area (Å²) in [5, 5.41) is 0. The fourth-order valence-electron chi connectivity index (χ4n) is 2.53. The zero-order valence-electron chi connectivity index (χ0n) is 8.40. The summed E-state index contributed by atoms with van der Waals surface area (Å²) in [5.41, 5.74) is 5.60. The Kier molecular flexibility index (Phi) is 2.31. The first-order valence-electron chi connectivity index (χ1n) is 5.22. The van der Waals surface area contributed by atoms with Gasteiger partial charge in [0.05, 0.1) is 11.8 Å². The van der Waals surface area contributed by atoms with E-state index in [0.29, 0.717) is 6.54 Å². The molecule has 2 N–H and O–H groups in total. The van der Waals surface area contributed by atoms with E-state index in [9.17, 15) is 9.59 Å². The van der Waals surface area contributed by atoms with Crippen molar-refractivity contribution in [3.63, 3.8) is 0 Å². The number of nitrogens with zero attached hydrogens (tertiary/aromatic N) is 1. The number of carbonyl (C=O) groups excluding carboxylic acids is 2. The molecule has 0 aromatic heterocycles. The Labute approximate surface area is 83.4 Å². The van der Waals surface area contributed by atoms with Gasteiger partial charge in [0.2, 0.25) is 11.8 Å². The summed E-state index contributed by atoms with van der Waals surface area (Å²) in [6, 6.07) is -0.123. The van der Waals surface area contributed by atoms with Gasteiger partial charge < -0.3 is 5.73 Å². The van der Waals surface area contributed by atoms with Crippen molar-refractivity contribution in [3.05, 3.63) is 0 Å². The molecule has 3 atom stereocenters. The molecule has 2 aliphatic rings. The number of hydrogen-bond acceptors (Lipinski definition) is 3. The van der Waals surface area contributed by atoms with Crippen LogP contribution in [0, 0.1) is 11.8 Å².